The second-order valence-electron chi connectivity index (χ2n) is 43.6. The molecule has 14 heteroatoms. The minimum absolute atomic E-state index is 0.110. The fourth-order valence-electron chi connectivity index (χ4n) is 14.6. The number of hydrogen-bond donors (Lipinski definition) is 8. The van der Waals surface area contributed by atoms with E-state index >= 15 is 0 Å². The summed E-state index contributed by atoms with van der Waals surface area (Å²) in [6.07, 6.45) is -1.72. The van der Waals surface area contributed by atoms with E-state index < -0.39 is 101 Å². The van der Waals surface area contributed by atoms with Crippen LogP contribution < -0.4 is 0 Å². The summed E-state index contributed by atoms with van der Waals surface area (Å²) in [5.74, 6) is -1.81. The molecule has 2 aliphatic rings. The minimum Gasteiger partial charge on any atom is -0.396 e. The van der Waals surface area contributed by atoms with Gasteiger partial charge in [-0.15, -0.1) is 0 Å². The molecule has 2 atom stereocenters. The van der Waals surface area contributed by atoms with Crippen molar-refractivity contribution < 1.29 is 58.5 Å². The van der Waals surface area contributed by atoms with Gasteiger partial charge in [-0.1, -0.05) is 325 Å². The van der Waals surface area contributed by atoms with Gasteiger partial charge in [0.05, 0.1) is 31.8 Å². The van der Waals surface area contributed by atoms with Crippen LogP contribution in [0.5, 0.6) is 0 Å². The molecule has 2 unspecified atom stereocenters. The monoisotopic (exact) mass is 1450 g/mol. The van der Waals surface area contributed by atoms with Crippen molar-refractivity contribution in [2.24, 2.45) is 16.2 Å². The van der Waals surface area contributed by atoms with Crippen molar-refractivity contribution in [2.45, 2.75) is 366 Å². The predicted octanol–water partition coefficient (Wildman–Crippen LogP) is 20.9. The van der Waals surface area contributed by atoms with E-state index in [2.05, 4.69) is 312 Å². The lowest BCUT2D eigenvalue weighted by Gasteiger charge is -2.68. The first-order valence-corrected chi connectivity index (χ1v) is 39.3. The lowest BCUT2D eigenvalue weighted by atomic mass is 9.51. The fraction of sp³-hybridized carbons (Fsp3) is 0.724. The van der Waals surface area contributed by atoms with Crippen molar-refractivity contribution in [2.75, 3.05) is 26.4 Å². The SMILES string of the molecule is CC(C)(C)c1cc(C(C)(C)C)c(C2OC(c3c(C(C)(C)C)cc(C(C)(C)C)cc3C(C)(C)C)(C(C)(C)CO)OC(c3c(C(C)(C)C)cc(C(C)(C)C)cc3C(C)(C)C)(c3c(C(C)(C)C)cc(C(C)(C)C)cc3C(C)(C)C)C23COC(C(C)(C)CO)OC3)c(C(C)(C)C)c1.OP(O)O.OP(O)O. The third kappa shape index (κ3) is 19.2. The average Bonchev–Trinajstić information content (AvgIpc) is 0.652. The molecular formula is C87H146O12P2. The van der Waals surface area contributed by atoms with Crippen molar-refractivity contribution in [3.8, 4) is 0 Å². The van der Waals surface area contributed by atoms with E-state index in [1.54, 1.807) is 0 Å². The molecule has 0 saturated carbocycles. The third-order valence-corrected chi connectivity index (χ3v) is 20.9. The summed E-state index contributed by atoms with van der Waals surface area (Å²) in [6, 6.07) is 20.2. The van der Waals surface area contributed by atoms with Crippen molar-refractivity contribution in [3.63, 3.8) is 0 Å². The van der Waals surface area contributed by atoms with Gasteiger partial charge in [-0.05, 0) is 148 Å². The Morgan fingerprint density at radius 2 is 0.545 bits per heavy atom. The van der Waals surface area contributed by atoms with Crippen molar-refractivity contribution >= 4 is 17.2 Å². The maximum absolute atomic E-state index is 13.3. The van der Waals surface area contributed by atoms with Gasteiger partial charge in [-0.25, -0.2) is 0 Å². The summed E-state index contributed by atoms with van der Waals surface area (Å²) in [4.78, 5) is 43.4. The first-order valence-electron chi connectivity index (χ1n) is 36.9. The second-order valence-corrected chi connectivity index (χ2v) is 44.6. The van der Waals surface area contributed by atoms with E-state index in [1.165, 1.54) is 55.6 Å². The Bertz CT molecular complexity index is 3270. The predicted molar refractivity (Wildman–Crippen MR) is 425 cm³/mol. The van der Waals surface area contributed by atoms with Gasteiger partial charge < -0.3 is 58.5 Å². The molecule has 6 rings (SSSR count). The third-order valence-electron chi connectivity index (χ3n) is 20.9. The zero-order chi connectivity index (χ0) is 79.4. The number of benzene rings is 4. The van der Waals surface area contributed by atoms with E-state index in [1.807, 2.05) is 13.8 Å². The number of hydrogen-bond acceptors (Lipinski definition) is 12. The maximum Gasteiger partial charge on any atom is 0.324 e. The summed E-state index contributed by atoms with van der Waals surface area (Å²) in [5.41, 5.74) is 8.54. The second kappa shape index (κ2) is 29.3. The Labute approximate surface area is 618 Å². The first-order chi connectivity index (χ1) is 44.5. The fourth-order valence-corrected chi connectivity index (χ4v) is 14.6. The zero-order valence-corrected chi connectivity index (χ0v) is 73.0. The van der Waals surface area contributed by atoms with Crippen LogP contribution in [0.3, 0.4) is 0 Å². The molecule has 4 aromatic rings. The van der Waals surface area contributed by atoms with E-state index in [9.17, 15) is 19.7 Å². The quantitative estimate of drug-likeness (QED) is 0.0778. The Kier molecular flexibility index (Phi) is 26.3. The summed E-state index contributed by atoms with van der Waals surface area (Å²) >= 11 is 0. The molecule has 4 aromatic carbocycles. The van der Waals surface area contributed by atoms with Crippen LogP contribution in [0.1, 0.15) is 372 Å². The van der Waals surface area contributed by atoms with Gasteiger partial charge in [-0.3, -0.25) is 0 Å². The molecule has 0 aromatic heterocycles. The van der Waals surface area contributed by atoms with Gasteiger partial charge in [0.15, 0.2) is 6.29 Å². The standard InChI is InChI=1S/C87H140O6.2H3O3P/c1-71(2,3)53-41-57(75(13,14)15)65(58(42-53)76(16,17)18)69-85(51-90-70(91-52-85)83(37,38)49-88)86(66-59(77(19,20)21)43-54(72(4,5)6)44-60(66)78(22,23)24,67-61(79(25,26)27)45-55(73(7,8)9)46-62(67)80(28,29)30)93-87(92-69,84(39,40)50-89)68-63(81(31,32)33)47-56(74(10,11)12)48-64(68)82(34,35)36;2*1-4(2)3/h41-48,69-70,88-89H,49-52H2,1-40H3;2*1-3H. The molecule has 0 aliphatic carbocycles. The van der Waals surface area contributed by atoms with Gasteiger partial charge in [-0.2, -0.15) is 0 Å². The molecule has 0 radical (unpaired) electrons. The number of aliphatic hydroxyl groups is 2. The molecule has 2 heterocycles. The lowest BCUT2D eigenvalue weighted by Crippen LogP contribution is -2.72. The molecule has 2 aliphatic heterocycles. The number of aliphatic hydroxyl groups excluding tert-OH is 2. The number of ether oxygens (including phenoxy) is 4. The van der Waals surface area contributed by atoms with Crippen LogP contribution >= 0.6 is 17.2 Å². The smallest absolute Gasteiger partial charge is 0.324 e. The van der Waals surface area contributed by atoms with Crippen molar-refractivity contribution in [3.05, 3.63) is 138 Å². The van der Waals surface area contributed by atoms with E-state index in [-0.39, 0.29) is 48.1 Å². The Balaban J connectivity index is 0.00000256. The van der Waals surface area contributed by atoms with Crippen LogP contribution in [-0.2, 0) is 95.3 Å². The topological polar surface area (TPSA) is 199 Å². The molecule has 2 fully saturated rings. The van der Waals surface area contributed by atoms with Crippen LogP contribution in [0.4, 0.5) is 0 Å². The van der Waals surface area contributed by atoms with Gasteiger partial charge in [0.25, 0.3) is 0 Å². The van der Waals surface area contributed by atoms with Crippen molar-refractivity contribution in [1.82, 2.24) is 0 Å². The largest absolute Gasteiger partial charge is 0.396 e. The molecule has 12 nitrogen and oxygen atoms in total. The summed E-state index contributed by atoms with van der Waals surface area (Å²) in [5, 5.41) is 24.8. The first kappa shape index (κ1) is 90.7. The summed E-state index contributed by atoms with van der Waals surface area (Å²) in [6.45, 7) is 93.7. The zero-order valence-electron chi connectivity index (χ0n) is 71.2. The van der Waals surface area contributed by atoms with E-state index in [4.69, 9.17) is 38.8 Å². The Morgan fingerprint density at radius 3 is 0.743 bits per heavy atom. The van der Waals surface area contributed by atoms with Gasteiger partial charge in [0, 0.05) is 16.4 Å². The number of rotatable bonds is 8. The highest BCUT2D eigenvalue weighted by molar-refractivity contribution is 7.38. The van der Waals surface area contributed by atoms with E-state index in [0.717, 1.165) is 33.4 Å². The molecule has 101 heavy (non-hydrogen) atoms. The molecule has 2 saturated heterocycles. The highest BCUT2D eigenvalue weighted by Crippen LogP contribution is 2.73. The summed E-state index contributed by atoms with van der Waals surface area (Å²) < 4.78 is 34.9. The van der Waals surface area contributed by atoms with Crippen LogP contribution in [0.25, 0.3) is 0 Å². The normalized spacial score (nSPS) is 20.7. The highest BCUT2D eigenvalue weighted by atomic mass is 31.2. The molecule has 0 amide bonds. The van der Waals surface area contributed by atoms with Crippen molar-refractivity contribution in [1.29, 1.82) is 0 Å². The average molecular weight is 1450 g/mol. The minimum atomic E-state index is -2.62. The van der Waals surface area contributed by atoms with Crippen LogP contribution in [0, 0.1) is 16.2 Å². The van der Waals surface area contributed by atoms with E-state index in [0.29, 0.717) is 0 Å². The van der Waals surface area contributed by atoms with Crippen LogP contribution in [-0.4, -0.2) is 72.3 Å². The molecule has 1 spiro atoms. The molecular weight excluding hydrogens is 1300 g/mol. The molecule has 0 bridgehead atoms. The van der Waals surface area contributed by atoms with Gasteiger partial charge in [0.1, 0.15) is 11.7 Å². The molecule has 576 valence electrons. The van der Waals surface area contributed by atoms with Gasteiger partial charge >= 0.3 is 17.2 Å². The highest BCUT2D eigenvalue weighted by Gasteiger charge is 2.75. The maximum atomic E-state index is 13.3. The lowest BCUT2D eigenvalue weighted by molar-refractivity contribution is -0.464. The Morgan fingerprint density at radius 1 is 0.327 bits per heavy atom. The Hall–Kier alpha value is -2.74. The van der Waals surface area contributed by atoms with Crippen LogP contribution in [0.15, 0.2) is 48.5 Å². The van der Waals surface area contributed by atoms with Gasteiger partial charge in [0.2, 0.25) is 5.79 Å². The summed E-state index contributed by atoms with van der Waals surface area (Å²) in [7, 11) is -5.24. The molecule has 8 N–H and O–H groups in total. The van der Waals surface area contributed by atoms with Crippen LogP contribution in [0.2, 0.25) is 0 Å².